The van der Waals surface area contributed by atoms with Crippen molar-refractivity contribution >= 4 is 5.91 Å². The molecule has 0 spiro atoms. The largest absolute Gasteiger partial charge is 0.466 e. The monoisotopic (exact) mass is 238 g/mol. The van der Waals surface area contributed by atoms with Crippen LogP contribution in [0.5, 0.6) is 0 Å². The lowest BCUT2D eigenvalue weighted by Gasteiger charge is -2.19. The summed E-state index contributed by atoms with van der Waals surface area (Å²) in [4.78, 5) is 11.8. The van der Waals surface area contributed by atoms with Crippen LogP contribution in [0.15, 0.2) is 10.5 Å². The second kappa shape index (κ2) is 5.36. The lowest BCUT2D eigenvalue weighted by atomic mass is 10.0. The lowest BCUT2D eigenvalue weighted by molar-refractivity contribution is -0.123. The molecule has 4 nitrogen and oxygen atoms in total. The summed E-state index contributed by atoms with van der Waals surface area (Å²) in [6.45, 7) is 9.59. The van der Waals surface area contributed by atoms with Crippen LogP contribution in [0.25, 0.3) is 0 Å². The maximum atomic E-state index is 11.8. The third-order valence-corrected chi connectivity index (χ3v) is 2.93. The van der Waals surface area contributed by atoms with Gasteiger partial charge in [-0.2, -0.15) is 0 Å². The molecule has 0 fully saturated rings. The molecular weight excluding hydrogens is 216 g/mol. The summed E-state index contributed by atoms with van der Waals surface area (Å²) in [7, 11) is 0. The molecule has 0 saturated carbocycles. The van der Waals surface area contributed by atoms with Gasteiger partial charge in [0.15, 0.2) is 0 Å². The number of carbonyl (C=O) groups excluding carboxylic acids is 1. The summed E-state index contributed by atoms with van der Waals surface area (Å²) >= 11 is 0. The Kier molecular flexibility index (Phi) is 4.34. The Labute approximate surface area is 103 Å². The van der Waals surface area contributed by atoms with Crippen molar-refractivity contribution in [1.82, 2.24) is 5.32 Å². The molecular formula is C13H22N2O2. The molecule has 0 saturated heterocycles. The first-order chi connectivity index (χ1) is 7.82. The highest BCUT2D eigenvalue weighted by atomic mass is 16.3. The number of hydrogen-bond acceptors (Lipinski definition) is 3. The predicted molar refractivity (Wildman–Crippen MR) is 67.6 cm³/mol. The summed E-state index contributed by atoms with van der Waals surface area (Å²) < 4.78 is 5.44. The fraction of sp³-hybridized carbons (Fsp3) is 0.615. The van der Waals surface area contributed by atoms with Gasteiger partial charge in [-0.3, -0.25) is 4.79 Å². The fourth-order valence-corrected chi connectivity index (χ4v) is 1.77. The number of hydrogen-bond donors (Lipinski definition) is 2. The van der Waals surface area contributed by atoms with Crippen molar-refractivity contribution in [2.75, 3.05) is 0 Å². The van der Waals surface area contributed by atoms with Crippen molar-refractivity contribution in [2.45, 2.75) is 46.7 Å². The molecule has 0 radical (unpaired) electrons. The Balaban J connectivity index is 2.70. The molecule has 1 amide bonds. The van der Waals surface area contributed by atoms with Crippen LogP contribution in [0.1, 0.15) is 43.9 Å². The molecule has 2 atom stereocenters. The van der Waals surface area contributed by atoms with Crippen LogP contribution in [-0.4, -0.2) is 11.9 Å². The van der Waals surface area contributed by atoms with E-state index in [0.29, 0.717) is 0 Å². The van der Waals surface area contributed by atoms with Gasteiger partial charge in [-0.1, -0.05) is 13.8 Å². The Morgan fingerprint density at radius 2 is 1.94 bits per heavy atom. The normalized spacial score (nSPS) is 14.8. The quantitative estimate of drug-likeness (QED) is 0.843. The van der Waals surface area contributed by atoms with Gasteiger partial charge in [0.25, 0.3) is 0 Å². The summed E-state index contributed by atoms with van der Waals surface area (Å²) in [5.41, 5.74) is 6.80. The Bertz CT molecular complexity index is 396. The smallest absolute Gasteiger partial charge is 0.237 e. The van der Waals surface area contributed by atoms with Gasteiger partial charge in [0.1, 0.15) is 11.5 Å². The molecule has 17 heavy (non-hydrogen) atoms. The topological polar surface area (TPSA) is 68.3 Å². The molecule has 96 valence electrons. The van der Waals surface area contributed by atoms with Crippen LogP contribution in [-0.2, 0) is 4.79 Å². The number of rotatable bonds is 4. The Hall–Kier alpha value is -1.29. The molecule has 1 aromatic rings. The molecule has 1 aromatic heterocycles. The van der Waals surface area contributed by atoms with Crippen LogP contribution < -0.4 is 11.1 Å². The highest BCUT2D eigenvalue weighted by molar-refractivity contribution is 5.82. The van der Waals surface area contributed by atoms with Gasteiger partial charge in [-0.25, -0.2) is 0 Å². The Morgan fingerprint density at radius 3 is 2.35 bits per heavy atom. The van der Waals surface area contributed by atoms with Gasteiger partial charge < -0.3 is 15.5 Å². The number of furan rings is 1. The highest BCUT2D eigenvalue weighted by Gasteiger charge is 2.21. The van der Waals surface area contributed by atoms with Crippen LogP contribution in [0.4, 0.5) is 0 Å². The minimum atomic E-state index is -0.467. The third kappa shape index (κ3) is 3.33. The van der Waals surface area contributed by atoms with Gasteiger partial charge >= 0.3 is 0 Å². The van der Waals surface area contributed by atoms with Gasteiger partial charge in [0.05, 0.1) is 12.1 Å². The van der Waals surface area contributed by atoms with E-state index in [9.17, 15) is 4.79 Å². The molecule has 4 heteroatoms. The standard InChI is InChI=1S/C13H22N2O2/c1-7(2)12(14)13(16)15-9(4)11-6-8(3)17-10(11)5/h6-7,9,12H,14H2,1-5H3,(H,15,16)/t9?,12-/m0/s1. The minimum Gasteiger partial charge on any atom is -0.466 e. The average molecular weight is 238 g/mol. The number of nitrogens with two attached hydrogens (primary N) is 1. The zero-order valence-electron chi connectivity index (χ0n) is 11.2. The average Bonchev–Trinajstić information content (AvgIpc) is 2.56. The minimum absolute atomic E-state index is 0.0789. The molecule has 0 aliphatic carbocycles. The van der Waals surface area contributed by atoms with Crippen molar-refractivity contribution in [2.24, 2.45) is 11.7 Å². The van der Waals surface area contributed by atoms with Gasteiger partial charge in [-0.15, -0.1) is 0 Å². The van der Waals surface area contributed by atoms with E-state index in [1.807, 2.05) is 40.7 Å². The fourth-order valence-electron chi connectivity index (χ4n) is 1.77. The Morgan fingerprint density at radius 1 is 1.35 bits per heavy atom. The molecule has 1 unspecified atom stereocenters. The second-order valence-electron chi connectivity index (χ2n) is 4.87. The van der Waals surface area contributed by atoms with Crippen molar-refractivity contribution in [3.05, 3.63) is 23.2 Å². The molecule has 0 aliphatic heterocycles. The number of amides is 1. The van der Waals surface area contributed by atoms with Crippen LogP contribution in [0, 0.1) is 19.8 Å². The maximum absolute atomic E-state index is 11.8. The summed E-state index contributed by atoms with van der Waals surface area (Å²) in [6, 6.07) is 1.40. The molecule has 0 aromatic carbocycles. The lowest BCUT2D eigenvalue weighted by Crippen LogP contribution is -2.44. The van der Waals surface area contributed by atoms with Crippen LogP contribution >= 0.6 is 0 Å². The van der Waals surface area contributed by atoms with E-state index in [4.69, 9.17) is 10.2 Å². The van der Waals surface area contributed by atoms with E-state index in [2.05, 4.69) is 5.32 Å². The predicted octanol–water partition coefficient (Wildman–Crippen LogP) is 2.06. The third-order valence-electron chi connectivity index (χ3n) is 2.93. The van der Waals surface area contributed by atoms with E-state index in [0.717, 1.165) is 17.1 Å². The summed E-state index contributed by atoms with van der Waals surface area (Å²) in [5, 5.41) is 2.91. The summed E-state index contributed by atoms with van der Waals surface area (Å²) in [5.74, 6) is 1.71. The first-order valence-electron chi connectivity index (χ1n) is 5.95. The maximum Gasteiger partial charge on any atom is 0.237 e. The van der Waals surface area contributed by atoms with E-state index in [1.165, 1.54) is 0 Å². The van der Waals surface area contributed by atoms with Gasteiger partial charge in [-0.05, 0) is 32.8 Å². The first-order valence-corrected chi connectivity index (χ1v) is 5.95. The van der Waals surface area contributed by atoms with Gasteiger partial charge in [0.2, 0.25) is 5.91 Å². The zero-order valence-corrected chi connectivity index (χ0v) is 11.2. The molecule has 3 N–H and O–H groups in total. The zero-order chi connectivity index (χ0) is 13.2. The van der Waals surface area contributed by atoms with E-state index >= 15 is 0 Å². The molecule has 1 rings (SSSR count). The molecule has 1 heterocycles. The van der Waals surface area contributed by atoms with Gasteiger partial charge in [0, 0.05) is 5.56 Å². The highest BCUT2D eigenvalue weighted by Crippen LogP contribution is 2.21. The summed E-state index contributed by atoms with van der Waals surface area (Å²) in [6.07, 6.45) is 0. The van der Waals surface area contributed by atoms with Crippen molar-refractivity contribution in [3.8, 4) is 0 Å². The van der Waals surface area contributed by atoms with Crippen LogP contribution in [0.2, 0.25) is 0 Å². The molecule has 0 bridgehead atoms. The van der Waals surface area contributed by atoms with E-state index in [1.54, 1.807) is 0 Å². The van der Waals surface area contributed by atoms with E-state index in [-0.39, 0.29) is 17.9 Å². The number of carbonyl (C=O) groups is 1. The molecule has 0 aliphatic rings. The van der Waals surface area contributed by atoms with Crippen molar-refractivity contribution < 1.29 is 9.21 Å². The van der Waals surface area contributed by atoms with E-state index < -0.39 is 6.04 Å². The number of aryl methyl sites for hydroxylation is 2. The second-order valence-corrected chi connectivity index (χ2v) is 4.87. The SMILES string of the molecule is Cc1cc(C(C)NC(=O)[C@@H](N)C(C)C)c(C)o1. The van der Waals surface area contributed by atoms with Crippen molar-refractivity contribution in [1.29, 1.82) is 0 Å². The van der Waals surface area contributed by atoms with Crippen LogP contribution in [0.3, 0.4) is 0 Å². The first kappa shape index (κ1) is 13.8. The number of nitrogens with one attached hydrogen (secondary N) is 1. The van der Waals surface area contributed by atoms with Crippen molar-refractivity contribution in [3.63, 3.8) is 0 Å².